The van der Waals surface area contributed by atoms with Crippen molar-refractivity contribution in [1.29, 1.82) is 0 Å². The van der Waals surface area contributed by atoms with E-state index in [-0.39, 0.29) is 18.2 Å². The lowest BCUT2D eigenvalue weighted by Crippen LogP contribution is -2.40. The van der Waals surface area contributed by atoms with Crippen LogP contribution in [0.15, 0.2) is 35.7 Å². The molecule has 3 rings (SSSR count). The van der Waals surface area contributed by atoms with Crippen molar-refractivity contribution in [2.45, 2.75) is 44.2 Å². The fourth-order valence-corrected chi connectivity index (χ4v) is 3.49. The van der Waals surface area contributed by atoms with Gasteiger partial charge in [-0.05, 0) is 31.2 Å². The van der Waals surface area contributed by atoms with E-state index < -0.39 is 0 Å². The van der Waals surface area contributed by atoms with E-state index in [9.17, 15) is 9.90 Å². The van der Waals surface area contributed by atoms with E-state index in [1.807, 2.05) is 23.6 Å². The number of thiazole rings is 1. The van der Waals surface area contributed by atoms with Gasteiger partial charge in [-0.25, -0.2) is 9.78 Å². The SMILES string of the molecule is O=C(Nc1nc(Cc2ccccc2)cs1)NC1CCC(O)CC1. The molecule has 122 valence electrons. The second-order valence-electron chi connectivity index (χ2n) is 5.91. The molecular formula is C17H21N3O2S. The number of carbonyl (C=O) groups excluding carboxylic acids is 1. The zero-order valence-corrected chi connectivity index (χ0v) is 13.7. The van der Waals surface area contributed by atoms with Gasteiger partial charge in [0.05, 0.1) is 11.8 Å². The van der Waals surface area contributed by atoms with E-state index in [0.29, 0.717) is 5.13 Å². The number of hydrogen-bond acceptors (Lipinski definition) is 4. The number of carbonyl (C=O) groups is 1. The molecule has 0 aliphatic heterocycles. The number of hydrogen-bond donors (Lipinski definition) is 3. The predicted octanol–water partition coefficient (Wildman–Crippen LogP) is 3.16. The van der Waals surface area contributed by atoms with E-state index in [4.69, 9.17) is 0 Å². The number of anilines is 1. The van der Waals surface area contributed by atoms with Crippen LogP contribution in [0.4, 0.5) is 9.93 Å². The molecule has 1 aromatic carbocycles. The Balaban J connectivity index is 1.49. The monoisotopic (exact) mass is 331 g/mol. The van der Waals surface area contributed by atoms with Crippen molar-refractivity contribution in [3.63, 3.8) is 0 Å². The highest BCUT2D eigenvalue weighted by atomic mass is 32.1. The Hall–Kier alpha value is -1.92. The van der Waals surface area contributed by atoms with Gasteiger partial charge >= 0.3 is 6.03 Å². The first kappa shape index (κ1) is 16.0. The highest BCUT2D eigenvalue weighted by Gasteiger charge is 2.21. The zero-order valence-electron chi connectivity index (χ0n) is 12.9. The molecule has 1 heterocycles. The molecule has 1 aliphatic rings. The van der Waals surface area contributed by atoms with Gasteiger partial charge in [0.15, 0.2) is 5.13 Å². The van der Waals surface area contributed by atoms with Gasteiger partial charge in [0, 0.05) is 17.8 Å². The fraction of sp³-hybridized carbons (Fsp3) is 0.412. The number of nitrogens with zero attached hydrogens (tertiary/aromatic N) is 1. The van der Waals surface area contributed by atoms with Crippen molar-refractivity contribution in [3.8, 4) is 0 Å². The predicted molar refractivity (Wildman–Crippen MR) is 91.8 cm³/mol. The normalized spacial score (nSPS) is 20.9. The molecular weight excluding hydrogens is 310 g/mol. The minimum atomic E-state index is -0.216. The molecule has 2 aromatic rings. The third kappa shape index (κ3) is 4.77. The van der Waals surface area contributed by atoms with E-state index in [1.165, 1.54) is 16.9 Å². The molecule has 0 saturated heterocycles. The molecule has 6 heteroatoms. The maximum absolute atomic E-state index is 12.0. The topological polar surface area (TPSA) is 74.2 Å². The molecule has 0 atom stereocenters. The lowest BCUT2D eigenvalue weighted by Gasteiger charge is -2.25. The van der Waals surface area contributed by atoms with E-state index >= 15 is 0 Å². The van der Waals surface area contributed by atoms with Crippen molar-refractivity contribution in [3.05, 3.63) is 47.0 Å². The number of aliphatic hydroxyl groups excluding tert-OH is 1. The lowest BCUT2D eigenvalue weighted by atomic mass is 9.93. The van der Waals surface area contributed by atoms with E-state index in [1.54, 1.807) is 0 Å². The van der Waals surface area contributed by atoms with Gasteiger partial charge < -0.3 is 10.4 Å². The zero-order chi connectivity index (χ0) is 16.1. The Labute approximate surface area is 139 Å². The summed E-state index contributed by atoms with van der Waals surface area (Å²) in [5.41, 5.74) is 2.16. The summed E-state index contributed by atoms with van der Waals surface area (Å²) in [4.78, 5) is 16.5. The van der Waals surface area contributed by atoms with Crippen LogP contribution < -0.4 is 10.6 Å². The Bertz CT molecular complexity index is 636. The van der Waals surface area contributed by atoms with Gasteiger partial charge in [-0.15, -0.1) is 11.3 Å². The molecule has 1 aliphatic carbocycles. The third-order valence-corrected chi connectivity index (χ3v) is 4.84. The summed E-state index contributed by atoms with van der Waals surface area (Å²) < 4.78 is 0. The van der Waals surface area contributed by atoms with Crippen LogP contribution in [0.3, 0.4) is 0 Å². The maximum atomic E-state index is 12.0. The highest BCUT2D eigenvalue weighted by Crippen LogP contribution is 2.20. The molecule has 1 aromatic heterocycles. The summed E-state index contributed by atoms with van der Waals surface area (Å²) in [7, 11) is 0. The van der Waals surface area contributed by atoms with Crippen LogP contribution in [0, 0.1) is 0 Å². The van der Waals surface area contributed by atoms with E-state index in [0.717, 1.165) is 37.8 Å². The van der Waals surface area contributed by atoms with Gasteiger partial charge in [0.25, 0.3) is 0 Å². The van der Waals surface area contributed by atoms with Crippen molar-refractivity contribution in [1.82, 2.24) is 10.3 Å². The number of amides is 2. The number of aliphatic hydroxyl groups is 1. The minimum Gasteiger partial charge on any atom is -0.393 e. The van der Waals surface area contributed by atoms with Crippen molar-refractivity contribution in [2.24, 2.45) is 0 Å². The summed E-state index contributed by atoms with van der Waals surface area (Å²) in [6.45, 7) is 0. The van der Waals surface area contributed by atoms with Crippen molar-refractivity contribution >= 4 is 22.5 Å². The number of benzene rings is 1. The van der Waals surface area contributed by atoms with Gasteiger partial charge in [-0.2, -0.15) is 0 Å². The summed E-state index contributed by atoms with van der Waals surface area (Å²) in [6, 6.07) is 10.1. The molecule has 23 heavy (non-hydrogen) atoms. The molecule has 0 radical (unpaired) electrons. The third-order valence-electron chi connectivity index (χ3n) is 4.03. The average molecular weight is 331 g/mol. The summed E-state index contributed by atoms with van der Waals surface area (Å²) in [5, 5.41) is 17.8. The first-order chi connectivity index (χ1) is 11.2. The van der Waals surface area contributed by atoms with Crippen LogP contribution in [0.25, 0.3) is 0 Å². The Morgan fingerprint density at radius 3 is 2.70 bits per heavy atom. The number of nitrogens with one attached hydrogen (secondary N) is 2. The van der Waals surface area contributed by atoms with E-state index in [2.05, 4.69) is 27.8 Å². The lowest BCUT2D eigenvalue weighted by molar-refractivity contribution is 0.118. The summed E-state index contributed by atoms with van der Waals surface area (Å²) >= 11 is 1.44. The van der Waals surface area contributed by atoms with Gasteiger partial charge in [-0.3, -0.25) is 5.32 Å². The minimum absolute atomic E-state index is 0.141. The van der Waals surface area contributed by atoms with Crippen LogP contribution >= 0.6 is 11.3 Å². The van der Waals surface area contributed by atoms with Crippen LogP contribution in [0.2, 0.25) is 0 Å². The quantitative estimate of drug-likeness (QED) is 0.805. The second kappa shape index (κ2) is 7.57. The number of urea groups is 1. The molecule has 1 fully saturated rings. The number of aromatic nitrogens is 1. The smallest absolute Gasteiger partial charge is 0.321 e. The fourth-order valence-electron chi connectivity index (χ4n) is 2.79. The van der Waals surface area contributed by atoms with Gasteiger partial charge in [0.2, 0.25) is 0 Å². The van der Waals surface area contributed by atoms with Crippen molar-refractivity contribution < 1.29 is 9.90 Å². The Kier molecular flexibility index (Phi) is 5.25. The largest absolute Gasteiger partial charge is 0.393 e. The standard InChI is InChI=1S/C17H21N3O2S/c21-15-8-6-13(7-9-15)18-16(22)20-17-19-14(11-23-17)10-12-4-2-1-3-5-12/h1-5,11,13,15,21H,6-10H2,(H2,18,19,20,22). The average Bonchev–Trinajstić information content (AvgIpc) is 2.97. The molecule has 3 N–H and O–H groups in total. The summed E-state index contributed by atoms with van der Waals surface area (Å²) in [5.74, 6) is 0. The summed E-state index contributed by atoms with van der Waals surface area (Å²) in [6.07, 6.45) is 3.71. The van der Waals surface area contributed by atoms with Gasteiger partial charge in [0.1, 0.15) is 0 Å². The second-order valence-corrected chi connectivity index (χ2v) is 6.77. The molecule has 0 bridgehead atoms. The molecule has 5 nitrogen and oxygen atoms in total. The van der Waals surface area contributed by atoms with Crippen LogP contribution in [-0.2, 0) is 6.42 Å². The number of rotatable bonds is 4. The first-order valence-corrected chi connectivity index (χ1v) is 8.81. The van der Waals surface area contributed by atoms with Crippen LogP contribution in [-0.4, -0.2) is 28.3 Å². The molecule has 2 amide bonds. The molecule has 1 saturated carbocycles. The van der Waals surface area contributed by atoms with Crippen LogP contribution in [0.1, 0.15) is 36.9 Å². The first-order valence-electron chi connectivity index (χ1n) is 7.93. The molecule has 0 unspecified atom stereocenters. The van der Waals surface area contributed by atoms with Crippen molar-refractivity contribution in [2.75, 3.05) is 5.32 Å². The Morgan fingerprint density at radius 2 is 1.96 bits per heavy atom. The Morgan fingerprint density at radius 1 is 1.22 bits per heavy atom. The maximum Gasteiger partial charge on any atom is 0.321 e. The van der Waals surface area contributed by atoms with Gasteiger partial charge in [-0.1, -0.05) is 30.3 Å². The highest BCUT2D eigenvalue weighted by molar-refractivity contribution is 7.13. The molecule has 0 spiro atoms. The van der Waals surface area contributed by atoms with Crippen LogP contribution in [0.5, 0.6) is 0 Å².